The summed E-state index contributed by atoms with van der Waals surface area (Å²) < 4.78 is 0. The number of nitrogens with zero attached hydrogens (tertiary/aromatic N) is 7. The molecule has 0 bridgehead atoms. The lowest BCUT2D eigenvalue weighted by Gasteiger charge is -2.10. The molecule has 0 aliphatic heterocycles. The molecule has 0 spiro atoms. The fraction of sp³-hybridized carbons (Fsp3) is 0.0328. The predicted octanol–water partition coefficient (Wildman–Crippen LogP) is 13.1. The SMILES string of the molecule is C=C(/N=C(\N=C(/C)c1ccc(-c2ccc3cc/c(=C/C=C\C)c(=C)c3n2)cc1)c1ccc(-c2ccc3ccc4cccnc4c3n2)cc1)c1ccc(-c2ccc3ccc4cccnc4c3n2)cc1. The van der Waals surface area contributed by atoms with Crippen molar-refractivity contribution in [2.45, 2.75) is 13.8 Å². The number of pyridine rings is 5. The number of aliphatic imine (C=N–C) groups is 2. The van der Waals surface area contributed by atoms with E-state index in [9.17, 15) is 0 Å². The summed E-state index contributed by atoms with van der Waals surface area (Å²) in [5.41, 5.74) is 14.0. The van der Waals surface area contributed by atoms with Gasteiger partial charge in [0.2, 0.25) is 0 Å². The molecular weight excluding hydrogens is 831 g/mol. The smallest absolute Gasteiger partial charge is 0.160 e. The summed E-state index contributed by atoms with van der Waals surface area (Å²) >= 11 is 0. The van der Waals surface area contributed by atoms with Crippen molar-refractivity contribution < 1.29 is 0 Å². The zero-order valence-corrected chi connectivity index (χ0v) is 37.6. The van der Waals surface area contributed by atoms with Crippen LogP contribution in [0.5, 0.6) is 0 Å². The molecule has 0 saturated heterocycles. The van der Waals surface area contributed by atoms with Crippen LogP contribution < -0.4 is 10.4 Å². The van der Waals surface area contributed by atoms with Crippen molar-refractivity contribution in [3.05, 3.63) is 228 Å². The normalized spacial score (nSPS) is 12.6. The van der Waals surface area contributed by atoms with Crippen molar-refractivity contribution in [2.24, 2.45) is 9.98 Å². The quantitative estimate of drug-likeness (QED) is 0.0862. The minimum Gasteiger partial charge on any atom is -0.254 e. The lowest BCUT2D eigenvalue weighted by molar-refractivity contribution is 1.36. The van der Waals surface area contributed by atoms with Crippen molar-refractivity contribution in [3.8, 4) is 33.8 Å². The Morgan fingerprint density at radius 2 is 0.882 bits per heavy atom. The second kappa shape index (κ2) is 17.7. The standard InChI is InChI=1S/C61H43N7/c1-5-6-9-41-12-23-49-30-33-53(66-56(49)38(41)2)44-17-13-42(14-18-44)39(3)64-61(52-28-21-46(22-29-52)55-35-32-51-27-25-48-11-8-37-63-58(48)60(51)68-55)65-40(4)43-15-19-45(20-16-43)54-34-31-50-26-24-47-10-7-36-62-57(47)59(50)67-54/h5-37H,2,4H2,1,3H3/b6-5-,41-9-,64-39+,65-61-. The highest BCUT2D eigenvalue weighted by atomic mass is 14.9. The average Bonchev–Trinajstić information content (AvgIpc) is 3.40. The first kappa shape index (κ1) is 41.6. The Labute approximate surface area is 393 Å². The van der Waals surface area contributed by atoms with E-state index in [-0.39, 0.29) is 0 Å². The van der Waals surface area contributed by atoms with Gasteiger partial charge in [-0.3, -0.25) is 9.97 Å². The second-order valence-electron chi connectivity index (χ2n) is 16.7. The van der Waals surface area contributed by atoms with Crippen LogP contribution in [0.2, 0.25) is 0 Å². The van der Waals surface area contributed by atoms with E-state index < -0.39 is 0 Å². The first-order valence-electron chi connectivity index (χ1n) is 22.5. The van der Waals surface area contributed by atoms with Crippen LogP contribution >= 0.6 is 0 Å². The molecule has 5 heterocycles. The molecule has 0 unspecified atom stereocenters. The maximum atomic E-state index is 5.20. The maximum Gasteiger partial charge on any atom is 0.160 e. The van der Waals surface area contributed by atoms with E-state index in [0.717, 1.165) is 121 Å². The third-order valence-electron chi connectivity index (χ3n) is 12.4. The van der Waals surface area contributed by atoms with E-state index in [0.29, 0.717) is 11.5 Å². The molecule has 0 N–H and O–H groups in total. The Bertz CT molecular complexity index is 4000. The van der Waals surface area contributed by atoms with Crippen LogP contribution in [0.1, 0.15) is 30.5 Å². The average molecular weight is 874 g/mol. The van der Waals surface area contributed by atoms with E-state index >= 15 is 0 Å². The van der Waals surface area contributed by atoms with Crippen molar-refractivity contribution in [2.75, 3.05) is 0 Å². The lowest BCUT2D eigenvalue weighted by Crippen LogP contribution is -2.24. The van der Waals surface area contributed by atoms with Gasteiger partial charge in [-0.15, -0.1) is 0 Å². The molecule has 6 aromatic carbocycles. The van der Waals surface area contributed by atoms with Gasteiger partial charge in [0.25, 0.3) is 0 Å². The highest BCUT2D eigenvalue weighted by molar-refractivity contribution is 6.13. The van der Waals surface area contributed by atoms with Crippen LogP contribution in [0.15, 0.2) is 211 Å². The van der Waals surface area contributed by atoms with E-state index in [1.165, 1.54) is 0 Å². The molecule has 0 amide bonds. The van der Waals surface area contributed by atoms with E-state index in [4.69, 9.17) is 24.9 Å². The number of fused-ring (bicyclic) bond motifs is 7. The molecule has 5 aromatic heterocycles. The molecule has 0 saturated carbocycles. The molecule has 11 rings (SSSR count). The molecule has 11 aromatic rings. The Hall–Kier alpha value is -9.07. The van der Waals surface area contributed by atoms with Crippen molar-refractivity contribution in [1.82, 2.24) is 24.9 Å². The Morgan fingerprint density at radius 1 is 0.456 bits per heavy atom. The zero-order valence-electron chi connectivity index (χ0n) is 37.6. The summed E-state index contributed by atoms with van der Waals surface area (Å²) in [7, 11) is 0. The van der Waals surface area contributed by atoms with E-state index in [1.54, 1.807) is 0 Å². The third-order valence-corrected chi connectivity index (χ3v) is 12.4. The summed E-state index contributed by atoms with van der Waals surface area (Å²) in [4.78, 5) is 34.8. The number of allylic oxidation sites excluding steroid dienone is 2. The fourth-order valence-corrected chi connectivity index (χ4v) is 8.62. The summed E-state index contributed by atoms with van der Waals surface area (Å²) in [6.45, 7) is 12.8. The third kappa shape index (κ3) is 8.03. The second-order valence-corrected chi connectivity index (χ2v) is 16.7. The summed E-state index contributed by atoms with van der Waals surface area (Å²) in [5, 5.41) is 7.23. The minimum absolute atomic E-state index is 0.536. The first-order chi connectivity index (χ1) is 33.4. The summed E-state index contributed by atoms with van der Waals surface area (Å²) in [6, 6.07) is 57.8. The van der Waals surface area contributed by atoms with Gasteiger partial charge in [0.1, 0.15) is 0 Å². The number of hydrogen-bond donors (Lipinski definition) is 0. The molecule has 0 fully saturated rings. The Kier molecular flexibility index (Phi) is 10.8. The van der Waals surface area contributed by atoms with Crippen LogP contribution in [0.4, 0.5) is 0 Å². The number of amidine groups is 1. The molecule has 68 heavy (non-hydrogen) atoms. The molecule has 0 aliphatic carbocycles. The van der Waals surface area contributed by atoms with E-state index in [2.05, 4.69) is 163 Å². The van der Waals surface area contributed by atoms with Crippen LogP contribution in [0.25, 0.3) is 107 Å². The van der Waals surface area contributed by atoms with Crippen molar-refractivity contribution in [1.29, 1.82) is 0 Å². The zero-order chi connectivity index (χ0) is 46.1. The minimum atomic E-state index is 0.536. The van der Waals surface area contributed by atoms with E-state index in [1.807, 2.05) is 74.8 Å². The number of aromatic nitrogens is 5. The summed E-state index contributed by atoms with van der Waals surface area (Å²) in [6.07, 6.45) is 9.72. The van der Waals surface area contributed by atoms with Gasteiger partial charge in [-0.25, -0.2) is 24.9 Å². The molecule has 0 radical (unpaired) electrons. The molecule has 0 aliphatic rings. The summed E-state index contributed by atoms with van der Waals surface area (Å²) in [5.74, 6) is 0.536. The van der Waals surface area contributed by atoms with Gasteiger partial charge >= 0.3 is 0 Å². The van der Waals surface area contributed by atoms with Gasteiger partial charge in [-0.1, -0.05) is 171 Å². The highest BCUT2D eigenvalue weighted by Crippen LogP contribution is 2.30. The monoisotopic (exact) mass is 873 g/mol. The Morgan fingerprint density at radius 3 is 1.40 bits per heavy atom. The molecule has 7 heteroatoms. The highest BCUT2D eigenvalue weighted by Gasteiger charge is 2.13. The molecule has 7 nitrogen and oxygen atoms in total. The maximum absolute atomic E-state index is 5.20. The van der Waals surface area contributed by atoms with Crippen LogP contribution in [-0.4, -0.2) is 36.5 Å². The first-order valence-corrected chi connectivity index (χ1v) is 22.5. The molecular formula is C61H43N7. The van der Waals surface area contributed by atoms with Crippen molar-refractivity contribution >= 4 is 84.4 Å². The van der Waals surface area contributed by atoms with Gasteiger partial charge in [0, 0.05) is 72.5 Å². The number of benzene rings is 6. The predicted molar refractivity (Wildman–Crippen MR) is 284 cm³/mol. The van der Waals surface area contributed by atoms with Gasteiger partial charge in [-0.2, -0.15) is 0 Å². The van der Waals surface area contributed by atoms with Crippen LogP contribution in [0.3, 0.4) is 0 Å². The Balaban J connectivity index is 0.929. The van der Waals surface area contributed by atoms with Gasteiger partial charge in [0.05, 0.1) is 50.4 Å². The largest absolute Gasteiger partial charge is 0.254 e. The fourth-order valence-electron chi connectivity index (χ4n) is 8.62. The molecule has 322 valence electrons. The van der Waals surface area contributed by atoms with Gasteiger partial charge in [-0.05, 0) is 60.5 Å². The molecule has 0 atom stereocenters. The topological polar surface area (TPSA) is 89.2 Å². The van der Waals surface area contributed by atoms with Gasteiger partial charge in [0.15, 0.2) is 5.84 Å². The van der Waals surface area contributed by atoms with Crippen LogP contribution in [-0.2, 0) is 0 Å². The lowest BCUT2D eigenvalue weighted by atomic mass is 10.0. The number of hydrogen-bond acceptors (Lipinski definition) is 6. The van der Waals surface area contributed by atoms with Crippen molar-refractivity contribution in [3.63, 3.8) is 0 Å². The number of rotatable bonds is 8. The van der Waals surface area contributed by atoms with Crippen LogP contribution in [0, 0.1) is 0 Å². The van der Waals surface area contributed by atoms with Gasteiger partial charge < -0.3 is 0 Å².